The van der Waals surface area contributed by atoms with Crippen molar-refractivity contribution in [2.24, 2.45) is 11.1 Å². The van der Waals surface area contributed by atoms with Crippen LogP contribution in [0.3, 0.4) is 0 Å². The normalized spacial score (nSPS) is 17.6. The molecule has 0 radical (unpaired) electrons. The van der Waals surface area contributed by atoms with Gasteiger partial charge in [-0.1, -0.05) is 36.8 Å². The number of nitrogens with two attached hydrogens (primary N) is 1. The second-order valence-corrected chi connectivity index (χ2v) is 5.77. The van der Waals surface area contributed by atoms with Crippen molar-refractivity contribution in [1.29, 1.82) is 0 Å². The Hall–Kier alpha value is -1.88. The molecule has 5 nitrogen and oxygen atoms in total. The van der Waals surface area contributed by atoms with Crippen LogP contribution in [-0.4, -0.2) is 23.5 Å². The highest BCUT2D eigenvalue weighted by Gasteiger charge is 2.44. The van der Waals surface area contributed by atoms with Gasteiger partial charge in [0.1, 0.15) is 0 Å². The van der Waals surface area contributed by atoms with E-state index in [0.717, 1.165) is 12.0 Å². The molecule has 1 aromatic carbocycles. The Morgan fingerprint density at radius 2 is 1.95 bits per heavy atom. The van der Waals surface area contributed by atoms with Crippen LogP contribution in [0.2, 0.25) is 0 Å². The van der Waals surface area contributed by atoms with Crippen LogP contribution in [0.15, 0.2) is 30.3 Å². The Morgan fingerprint density at radius 1 is 1.29 bits per heavy atom. The SMILES string of the molecule is NC(CCC(=O)NCC1(C(=O)O)CCC1)c1ccccc1. The number of benzene rings is 1. The van der Waals surface area contributed by atoms with Gasteiger partial charge in [0.15, 0.2) is 0 Å². The topological polar surface area (TPSA) is 92.4 Å². The van der Waals surface area contributed by atoms with Crippen LogP contribution in [0, 0.1) is 5.41 Å². The van der Waals surface area contributed by atoms with Crippen molar-refractivity contribution in [2.75, 3.05) is 6.54 Å². The van der Waals surface area contributed by atoms with Crippen molar-refractivity contribution >= 4 is 11.9 Å². The van der Waals surface area contributed by atoms with Gasteiger partial charge in [0.2, 0.25) is 5.91 Å². The average molecular weight is 290 g/mol. The van der Waals surface area contributed by atoms with E-state index >= 15 is 0 Å². The summed E-state index contributed by atoms with van der Waals surface area (Å²) in [5, 5.41) is 11.9. The van der Waals surface area contributed by atoms with E-state index in [0.29, 0.717) is 25.7 Å². The number of rotatable bonds is 7. The molecule has 1 unspecified atom stereocenters. The zero-order valence-electron chi connectivity index (χ0n) is 12.0. The van der Waals surface area contributed by atoms with Gasteiger partial charge in [-0.15, -0.1) is 0 Å². The highest BCUT2D eigenvalue weighted by Crippen LogP contribution is 2.40. The number of amides is 1. The first-order chi connectivity index (χ1) is 10.0. The molecule has 4 N–H and O–H groups in total. The molecule has 1 fully saturated rings. The molecular formula is C16H22N2O3. The van der Waals surface area contributed by atoms with Crippen molar-refractivity contribution in [1.82, 2.24) is 5.32 Å². The minimum Gasteiger partial charge on any atom is -0.481 e. The van der Waals surface area contributed by atoms with Gasteiger partial charge in [0, 0.05) is 19.0 Å². The Balaban J connectivity index is 1.74. The minimum atomic E-state index is -0.810. The number of aliphatic carboxylic acids is 1. The van der Waals surface area contributed by atoms with E-state index in [2.05, 4.69) is 5.32 Å². The van der Waals surface area contributed by atoms with Gasteiger partial charge in [-0.2, -0.15) is 0 Å². The van der Waals surface area contributed by atoms with Crippen molar-refractivity contribution in [2.45, 2.75) is 38.1 Å². The lowest BCUT2D eigenvalue weighted by atomic mass is 9.69. The van der Waals surface area contributed by atoms with Gasteiger partial charge in [-0.05, 0) is 24.8 Å². The molecule has 1 saturated carbocycles. The highest BCUT2D eigenvalue weighted by molar-refractivity contribution is 5.79. The van der Waals surface area contributed by atoms with Crippen molar-refractivity contribution in [3.63, 3.8) is 0 Å². The van der Waals surface area contributed by atoms with Gasteiger partial charge < -0.3 is 16.2 Å². The summed E-state index contributed by atoms with van der Waals surface area (Å²) in [6.07, 6.45) is 3.07. The molecule has 1 amide bonds. The summed E-state index contributed by atoms with van der Waals surface area (Å²) in [6, 6.07) is 9.47. The number of hydrogen-bond acceptors (Lipinski definition) is 3. The first-order valence-corrected chi connectivity index (χ1v) is 7.34. The summed E-state index contributed by atoms with van der Waals surface area (Å²) < 4.78 is 0. The third kappa shape index (κ3) is 3.82. The fourth-order valence-corrected chi connectivity index (χ4v) is 2.58. The van der Waals surface area contributed by atoms with Crippen LogP contribution in [-0.2, 0) is 9.59 Å². The fourth-order valence-electron chi connectivity index (χ4n) is 2.58. The summed E-state index contributed by atoms with van der Waals surface area (Å²) in [7, 11) is 0. The smallest absolute Gasteiger partial charge is 0.311 e. The summed E-state index contributed by atoms with van der Waals surface area (Å²) in [4.78, 5) is 23.0. The molecule has 2 rings (SSSR count). The summed E-state index contributed by atoms with van der Waals surface area (Å²) in [6.45, 7) is 0.224. The summed E-state index contributed by atoms with van der Waals surface area (Å²) in [5.74, 6) is -0.941. The van der Waals surface area contributed by atoms with E-state index < -0.39 is 11.4 Å². The molecular weight excluding hydrogens is 268 g/mol. The predicted molar refractivity (Wildman–Crippen MR) is 79.5 cm³/mol. The number of nitrogens with one attached hydrogen (secondary N) is 1. The number of carbonyl (C=O) groups excluding carboxylic acids is 1. The molecule has 1 aromatic rings. The van der Waals surface area contributed by atoms with Crippen LogP contribution in [0.25, 0.3) is 0 Å². The monoisotopic (exact) mass is 290 g/mol. The lowest BCUT2D eigenvalue weighted by Gasteiger charge is -2.37. The minimum absolute atomic E-state index is 0.131. The molecule has 0 bridgehead atoms. The van der Waals surface area contributed by atoms with Crippen LogP contribution in [0.1, 0.15) is 43.7 Å². The summed E-state index contributed by atoms with van der Waals surface area (Å²) >= 11 is 0. The molecule has 114 valence electrons. The van der Waals surface area contributed by atoms with Gasteiger partial charge >= 0.3 is 5.97 Å². The Kier molecular flexibility index (Phi) is 4.96. The quantitative estimate of drug-likeness (QED) is 0.714. The van der Waals surface area contributed by atoms with Crippen LogP contribution in [0.5, 0.6) is 0 Å². The Morgan fingerprint density at radius 3 is 2.48 bits per heavy atom. The van der Waals surface area contributed by atoms with E-state index in [-0.39, 0.29) is 18.5 Å². The lowest BCUT2D eigenvalue weighted by Crippen LogP contribution is -2.47. The standard InChI is InChI=1S/C16H22N2O3/c17-13(12-5-2-1-3-6-12)7-8-14(19)18-11-16(15(20)21)9-4-10-16/h1-3,5-6,13H,4,7-11,17H2,(H,18,19)(H,20,21). The van der Waals surface area contributed by atoms with Gasteiger partial charge in [-0.3, -0.25) is 9.59 Å². The van der Waals surface area contributed by atoms with Crippen LogP contribution >= 0.6 is 0 Å². The number of carboxylic acid groups (broad SMARTS) is 1. The van der Waals surface area contributed by atoms with E-state index in [1.165, 1.54) is 0 Å². The van der Waals surface area contributed by atoms with Crippen molar-refractivity contribution in [3.8, 4) is 0 Å². The Bertz CT molecular complexity index is 498. The molecule has 0 heterocycles. The lowest BCUT2D eigenvalue weighted by molar-refractivity contribution is -0.154. The van der Waals surface area contributed by atoms with Gasteiger partial charge in [0.05, 0.1) is 5.41 Å². The van der Waals surface area contributed by atoms with E-state index in [9.17, 15) is 14.7 Å². The van der Waals surface area contributed by atoms with Crippen molar-refractivity contribution in [3.05, 3.63) is 35.9 Å². The third-order valence-corrected chi connectivity index (χ3v) is 4.30. The molecule has 0 aliphatic heterocycles. The van der Waals surface area contributed by atoms with Crippen LogP contribution in [0.4, 0.5) is 0 Å². The van der Waals surface area contributed by atoms with Crippen molar-refractivity contribution < 1.29 is 14.7 Å². The molecule has 1 atom stereocenters. The van der Waals surface area contributed by atoms with Crippen LogP contribution < -0.4 is 11.1 Å². The maximum absolute atomic E-state index is 11.8. The Labute approximate surface area is 124 Å². The zero-order chi connectivity index (χ0) is 15.3. The second kappa shape index (κ2) is 6.72. The number of carboxylic acids is 1. The molecule has 0 aromatic heterocycles. The largest absolute Gasteiger partial charge is 0.481 e. The zero-order valence-corrected chi connectivity index (χ0v) is 12.0. The first kappa shape index (κ1) is 15.5. The molecule has 1 aliphatic rings. The highest BCUT2D eigenvalue weighted by atomic mass is 16.4. The molecule has 0 spiro atoms. The van der Waals surface area contributed by atoms with E-state index in [4.69, 9.17) is 5.73 Å². The first-order valence-electron chi connectivity index (χ1n) is 7.34. The fraction of sp³-hybridized carbons (Fsp3) is 0.500. The number of carbonyl (C=O) groups is 2. The third-order valence-electron chi connectivity index (χ3n) is 4.30. The average Bonchev–Trinajstić information content (AvgIpc) is 2.44. The maximum Gasteiger partial charge on any atom is 0.311 e. The predicted octanol–water partition coefficient (Wildman–Crippen LogP) is 1.84. The molecule has 21 heavy (non-hydrogen) atoms. The molecule has 5 heteroatoms. The van der Waals surface area contributed by atoms with E-state index in [1.807, 2.05) is 30.3 Å². The summed E-state index contributed by atoms with van der Waals surface area (Å²) in [5.41, 5.74) is 6.30. The molecule has 1 aliphatic carbocycles. The van der Waals surface area contributed by atoms with Gasteiger partial charge in [0.25, 0.3) is 0 Å². The van der Waals surface area contributed by atoms with E-state index in [1.54, 1.807) is 0 Å². The maximum atomic E-state index is 11.8. The molecule has 0 saturated heterocycles. The second-order valence-electron chi connectivity index (χ2n) is 5.77. The number of hydrogen-bond donors (Lipinski definition) is 3. The van der Waals surface area contributed by atoms with Gasteiger partial charge in [-0.25, -0.2) is 0 Å².